The van der Waals surface area contributed by atoms with Crippen molar-refractivity contribution in [3.8, 4) is 22.7 Å². The van der Waals surface area contributed by atoms with Crippen LogP contribution in [-0.2, 0) is 9.47 Å². The number of nitro groups is 1. The smallest absolute Gasteiger partial charge is 0.412 e. The molecule has 2 heterocycles. The highest BCUT2D eigenvalue weighted by molar-refractivity contribution is 5.96. The molecule has 0 saturated carbocycles. The number of rotatable bonds is 6. The van der Waals surface area contributed by atoms with Crippen molar-refractivity contribution < 1.29 is 28.7 Å². The van der Waals surface area contributed by atoms with Crippen LogP contribution in [-0.4, -0.2) is 60.2 Å². The summed E-state index contributed by atoms with van der Waals surface area (Å²) in [7, 11) is 1.46. The summed E-state index contributed by atoms with van der Waals surface area (Å²) >= 11 is 0. The molecule has 0 bridgehead atoms. The fourth-order valence-corrected chi connectivity index (χ4v) is 3.73. The molecule has 0 radical (unpaired) electrons. The van der Waals surface area contributed by atoms with E-state index in [0.29, 0.717) is 43.3 Å². The van der Waals surface area contributed by atoms with E-state index in [0.717, 1.165) is 10.7 Å². The summed E-state index contributed by atoms with van der Waals surface area (Å²) in [5.74, 6) is -0.853. The highest BCUT2D eigenvalue weighted by Crippen LogP contribution is 2.29. The van der Waals surface area contributed by atoms with Crippen LogP contribution in [0.3, 0.4) is 0 Å². The van der Waals surface area contributed by atoms with Gasteiger partial charge in [-0.05, 0) is 30.3 Å². The van der Waals surface area contributed by atoms with Gasteiger partial charge in [0.05, 0.1) is 30.9 Å². The number of esters is 1. The first kappa shape index (κ1) is 24.3. The molecule has 1 aliphatic heterocycles. The number of amides is 1. The zero-order chi connectivity index (χ0) is 25.8. The summed E-state index contributed by atoms with van der Waals surface area (Å²) in [4.78, 5) is 50.2. The van der Waals surface area contributed by atoms with Crippen LogP contribution in [0.15, 0.2) is 53.3 Å². The van der Waals surface area contributed by atoms with Crippen LogP contribution in [0.1, 0.15) is 10.4 Å². The SMILES string of the molecule is COc1cccc(-c2cc(C(=O)OC(N)=O)c(=O)n(-c3cc(N4CCOCC4)ccc3[N+](=O)[O-])n2)c1. The lowest BCUT2D eigenvalue weighted by Crippen LogP contribution is -2.36. The van der Waals surface area contributed by atoms with E-state index < -0.39 is 33.8 Å². The van der Waals surface area contributed by atoms with Gasteiger partial charge in [-0.15, -0.1) is 0 Å². The number of nitrogens with zero attached hydrogens (tertiary/aromatic N) is 4. The van der Waals surface area contributed by atoms with Crippen LogP contribution >= 0.6 is 0 Å². The second-order valence-electron chi connectivity index (χ2n) is 7.63. The third kappa shape index (κ3) is 5.00. The van der Waals surface area contributed by atoms with Gasteiger partial charge in [0.2, 0.25) is 0 Å². The Hall–Kier alpha value is -4.78. The number of hydrogen-bond acceptors (Lipinski definition) is 10. The van der Waals surface area contributed by atoms with Gasteiger partial charge in [0.15, 0.2) is 0 Å². The Bertz CT molecular complexity index is 1400. The third-order valence-electron chi connectivity index (χ3n) is 5.45. The summed E-state index contributed by atoms with van der Waals surface area (Å²) in [6.07, 6.45) is -1.41. The lowest BCUT2D eigenvalue weighted by atomic mass is 10.1. The largest absolute Gasteiger partial charge is 0.497 e. The van der Waals surface area contributed by atoms with Crippen LogP contribution in [0.4, 0.5) is 16.2 Å². The zero-order valence-electron chi connectivity index (χ0n) is 19.1. The first-order valence-corrected chi connectivity index (χ1v) is 10.7. The summed E-state index contributed by atoms with van der Waals surface area (Å²) < 4.78 is 15.7. The van der Waals surface area contributed by atoms with E-state index in [1.54, 1.807) is 30.3 Å². The van der Waals surface area contributed by atoms with Crippen molar-refractivity contribution in [1.82, 2.24) is 9.78 Å². The zero-order valence-corrected chi connectivity index (χ0v) is 19.1. The average molecular weight is 495 g/mol. The number of methoxy groups -OCH3 is 1. The first-order valence-electron chi connectivity index (χ1n) is 10.7. The Morgan fingerprint density at radius 1 is 1.14 bits per heavy atom. The number of nitrogens with two attached hydrogens (primary N) is 1. The molecule has 13 heteroatoms. The van der Waals surface area contributed by atoms with Crippen LogP contribution in [0.2, 0.25) is 0 Å². The number of primary amides is 1. The van der Waals surface area contributed by atoms with E-state index >= 15 is 0 Å². The number of hydrogen-bond donors (Lipinski definition) is 1. The maximum absolute atomic E-state index is 13.3. The first-order chi connectivity index (χ1) is 17.3. The molecule has 0 atom stereocenters. The number of benzene rings is 2. The molecule has 1 saturated heterocycles. The molecule has 186 valence electrons. The molecule has 1 amide bonds. The number of morpholine rings is 1. The van der Waals surface area contributed by atoms with Crippen LogP contribution < -0.4 is 20.9 Å². The molecule has 36 heavy (non-hydrogen) atoms. The Balaban J connectivity index is 1.96. The van der Waals surface area contributed by atoms with Gasteiger partial charge in [-0.2, -0.15) is 9.78 Å². The predicted octanol–water partition coefficient (Wildman–Crippen LogP) is 1.89. The van der Waals surface area contributed by atoms with Crippen molar-refractivity contribution >= 4 is 23.4 Å². The number of carbonyl (C=O) groups is 2. The average Bonchev–Trinajstić information content (AvgIpc) is 2.88. The molecule has 1 fully saturated rings. The van der Waals surface area contributed by atoms with Crippen molar-refractivity contribution in [2.24, 2.45) is 5.73 Å². The summed E-state index contributed by atoms with van der Waals surface area (Å²) in [5.41, 5.74) is 3.87. The standard InChI is InChI=1S/C23H21N5O8/c1-34-16-4-2-3-14(11-16)18-13-17(22(30)36-23(24)31)21(29)27(25-18)20-12-15(5-6-19(20)28(32)33)26-7-9-35-10-8-26/h2-6,11-13H,7-10H2,1H3,(H2,24,31). The molecule has 0 spiro atoms. The summed E-state index contributed by atoms with van der Waals surface area (Å²) in [5, 5.41) is 16.2. The summed E-state index contributed by atoms with van der Waals surface area (Å²) in [6.45, 7) is 2.02. The second kappa shape index (κ2) is 10.2. The lowest BCUT2D eigenvalue weighted by molar-refractivity contribution is -0.384. The minimum atomic E-state index is -1.41. The molecule has 0 aliphatic carbocycles. The highest BCUT2D eigenvalue weighted by atomic mass is 16.6. The molecular weight excluding hydrogens is 474 g/mol. The van der Waals surface area contributed by atoms with Crippen molar-refractivity contribution in [1.29, 1.82) is 0 Å². The Morgan fingerprint density at radius 3 is 2.56 bits per heavy atom. The maximum atomic E-state index is 13.3. The fourth-order valence-electron chi connectivity index (χ4n) is 3.73. The molecule has 2 aromatic carbocycles. The van der Waals surface area contributed by atoms with Gasteiger partial charge in [-0.25, -0.2) is 9.59 Å². The number of nitro benzene ring substituents is 1. The minimum Gasteiger partial charge on any atom is -0.497 e. The molecule has 1 aliphatic rings. The number of aromatic nitrogens is 2. The van der Waals surface area contributed by atoms with Gasteiger partial charge in [-0.1, -0.05) is 12.1 Å². The normalized spacial score (nSPS) is 13.2. The van der Waals surface area contributed by atoms with Crippen molar-refractivity contribution in [3.05, 3.63) is 74.6 Å². The molecule has 2 N–H and O–H groups in total. The Kier molecular flexibility index (Phi) is 6.92. The van der Waals surface area contributed by atoms with E-state index in [2.05, 4.69) is 9.84 Å². The third-order valence-corrected chi connectivity index (χ3v) is 5.45. The molecular formula is C23H21N5O8. The second-order valence-corrected chi connectivity index (χ2v) is 7.63. The number of anilines is 1. The lowest BCUT2D eigenvalue weighted by Gasteiger charge is -2.29. The predicted molar refractivity (Wildman–Crippen MR) is 127 cm³/mol. The van der Waals surface area contributed by atoms with Crippen LogP contribution in [0, 0.1) is 10.1 Å². The van der Waals surface area contributed by atoms with Gasteiger partial charge < -0.3 is 24.8 Å². The van der Waals surface area contributed by atoms with Crippen molar-refractivity contribution in [3.63, 3.8) is 0 Å². The van der Waals surface area contributed by atoms with Crippen molar-refractivity contribution in [2.45, 2.75) is 0 Å². The molecule has 3 aromatic rings. The van der Waals surface area contributed by atoms with E-state index in [9.17, 15) is 24.5 Å². The molecule has 13 nitrogen and oxygen atoms in total. The van der Waals surface area contributed by atoms with E-state index in [4.69, 9.17) is 15.2 Å². The van der Waals surface area contributed by atoms with E-state index in [1.165, 1.54) is 19.2 Å². The minimum absolute atomic E-state index is 0.0935. The number of carbonyl (C=O) groups excluding carboxylic acids is 2. The maximum Gasteiger partial charge on any atom is 0.412 e. The van der Waals surface area contributed by atoms with Gasteiger partial charge in [0.1, 0.15) is 17.0 Å². The summed E-state index contributed by atoms with van der Waals surface area (Å²) in [6, 6.07) is 12.0. The Labute approximate surface area is 203 Å². The highest BCUT2D eigenvalue weighted by Gasteiger charge is 2.25. The van der Waals surface area contributed by atoms with Crippen molar-refractivity contribution in [2.75, 3.05) is 38.3 Å². The van der Waals surface area contributed by atoms with Crippen LogP contribution in [0.5, 0.6) is 5.75 Å². The van der Waals surface area contributed by atoms with Crippen LogP contribution in [0.25, 0.3) is 16.9 Å². The fraction of sp³-hybridized carbons (Fsp3) is 0.217. The molecule has 1 aromatic heterocycles. The quantitative estimate of drug-likeness (QED) is 0.231. The topological polar surface area (TPSA) is 169 Å². The van der Waals surface area contributed by atoms with E-state index in [-0.39, 0.29) is 11.4 Å². The van der Waals surface area contributed by atoms with Gasteiger partial charge in [-0.3, -0.25) is 14.9 Å². The monoisotopic (exact) mass is 495 g/mol. The van der Waals surface area contributed by atoms with Gasteiger partial charge >= 0.3 is 12.1 Å². The van der Waals surface area contributed by atoms with Gasteiger partial charge in [0.25, 0.3) is 11.2 Å². The van der Waals surface area contributed by atoms with Gasteiger partial charge in [0, 0.05) is 30.4 Å². The van der Waals surface area contributed by atoms with E-state index in [1.807, 2.05) is 4.90 Å². The number of ether oxygens (including phenoxy) is 3. The Morgan fingerprint density at radius 2 is 1.89 bits per heavy atom. The molecule has 0 unspecified atom stereocenters. The molecule has 4 rings (SSSR count).